The van der Waals surface area contributed by atoms with Gasteiger partial charge >= 0.3 is 0 Å². The second-order valence-electron chi connectivity index (χ2n) is 5.97. The molecule has 2 aliphatic heterocycles. The molecule has 2 fully saturated rings. The van der Waals surface area contributed by atoms with Gasteiger partial charge in [-0.3, -0.25) is 4.79 Å². The summed E-state index contributed by atoms with van der Waals surface area (Å²) in [7, 11) is 0. The van der Waals surface area contributed by atoms with E-state index in [1.54, 1.807) is 12.1 Å². The molecule has 2 unspecified atom stereocenters. The van der Waals surface area contributed by atoms with Crippen molar-refractivity contribution in [1.29, 1.82) is 0 Å². The molecule has 6 heteroatoms. The molecule has 114 valence electrons. The largest absolute Gasteiger partial charge is 0.324 e. The molecule has 3 rings (SSSR count). The number of rotatable bonds is 3. The molecule has 3 nitrogen and oxygen atoms in total. The van der Waals surface area contributed by atoms with Crippen LogP contribution in [0.4, 0.5) is 5.69 Å². The Balaban J connectivity index is 1.62. The third kappa shape index (κ3) is 3.73. The van der Waals surface area contributed by atoms with E-state index in [9.17, 15) is 4.79 Å². The molecule has 2 saturated heterocycles. The van der Waals surface area contributed by atoms with E-state index in [2.05, 4.69) is 26.6 Å². The van der Waals surface area contributed by atoms with Crippen molar-refractivity contribution in [1.82, 2.24) is 5.32 Å². The molecule has 2 atom stereocenters. The van der Waals surface area contributed by atoms with E-state index >= 15 is 0 Å². The molecule has 0 saturated carbocycles. The summed E-state index contributed by atoms with van der Waals surface area (Å²) in [6.07, 6.45) is 5.20. The van der Waals surface area contributed by atoms with Crippen LogP contribution in [0.2, 0.25) is 10.0 Å². The molecule has 21 heavy (non-hydrogen) atoms. The predicted octanol–water partition coefficient (Wildman–Crippen LogP) is 4.62. The van der Waals surface area contributed by atoms with Crippen LogP contribution in [0.15, 0.2) is 16.6 Å². The number of fused-ring (bicyclic) bond motifs is 2. The number of halogens is 3. The van der Waals surface area contributed by atoms with Gasteiger partial charge in [0.15, 0.2) is 0 Å². The lowest BCUT2D eigenvalue weighted by Gasteiger charge is -2.28. The normalized spacial score (nSPS) is 27.7. The molecular weight excluding hydrogens is 375 g/mol. The van der Waals surface area contributed by atoms with Crippen LogP contribution in [-0.4, -0.2) is 18.0 Å². The van der Waals surface area contributed by atoms with Crippen molar-refractivity contribution in [3.8, 4) is 0 Å². The molecule has 0 aromatic heterocycles. The summed E-state index contributed by atoms with van der Waals surface area (Å²) in [5.74, 6) is 0.448. The van der Waals surface area contributed by atoms with Crippen molar-refractivity contribution in [2.45, 2.75) is 44.2 Å². The minimum Gasteiger partial charge on any atom is -0.324 e. The number of hydrogen-bond donors (Lipinski definition) is 2. The Labute approximate surface area is 142 Å². The van der Waals surface area contributed by atoms with Crippen molar-refractivity contribution < 1.29 is 4.79 Å². The van der Waals surface area contributed by atoms with Crippen LogP contribution in [0.25, 0.3) is 0 Å². The smallest absolute Gasteiger partial charge is 0.224 e. The first-order chi connectivity index (χ1) is 10.0. The zero-order valence-electron chi connectivity index (χ0n) is 11.5. The first-order valence-electron chi connectivity index (χ1n) is 7.21. The highest BCUT2D eigenvalue weighted by atomic mass is 79.9. The summed E-state index contributed by atoms with van der Waals surface area (Å²) < 4.78 is 0.797. The van der Waals surface area contributed by atoms with Gasteiger partial charge in [0.05, 0.1) is 15.7 Å². The summed E-state index contributed by atoms with van der Waals surface area (Å²) in [5, 5.41) is 7.35. The Morgan fingerprint density at radius 3 is 2.38 bits per heavy atom. The lowest BCUT2D eigenvalue weighted by molar-refractivity contribution is -0.117. The van der Waals surface area contributed by atoms with Crippen LogP contribution >= 0.6 is 39.1 Å². The van der Waals surface area contributed by atoms with E-state index in [1.807, 2.05) is 0 Å². The Hall–Kier alpha value is -0.290. The second-order valence-corrected chi connectivity index (χ2v) is 7.70. The molecule has 1 aromatic carbocycles. The Kier molecular flexibility index (Phi) is 4.79. The topological polar surface area (TPSA) is 41.1 Å². The number of carbonyl (C=O) groups is 1. The zero-order valence-corrected chi connectivity index (χ0v) is 14.6. The van der Waals surface area contributed by atoms with E-state index in [4.69, 9.17) is 23.2 Å². The Morgan fingerprint density at radius 1 is 1.24 bits per heavy atom. The molecule has 2 N–H and O–H groups in total. The molecule has 1 amide bonds. The highest BCUT2D eigenvalue weighted by Gasteiger charge is 2.34. The number of amides is 1. The third-order valence-electron chi connectivity index (χ3n) is 4.32. The van der Waals surface area contributed by atoms with E-state index in [1.165, 1.54) is 12.8 Å². The van der Waals surface area contributed by atoms with Gasteiger partial charge in [-0.25, -0.2) is 0 Å². The molecule has 2 heterocycles. The van der Waals surface area contributed by atoms with Gasteiger partial charge < -0.3 is 10.6 Å². The first-order valence-corrected chi connectivity index (χ1v) is 8.76. The van der Waals surface area contributed by atoms with Crippen LogP contribution < -0.4 is 10.6 Å². The lowest BCUT2D eigenvalue weighted by Crippen LogP contribution is -2.39. The van der Waals surface area contributed by atoms with Crippen LogP contribution in [0.3, 0.4) is 0 Å². The van der Waals surface area contributed by atoms with E-state index in [0.717, 1.165) is 17.3 Å². The van der Waals surface area contributed by atoms with Gasteiger partial charge in [-0.05, 0) is 43.7 Å². The van der Waals surface area contributed by atoms with Crippen molar-refractivity contribution in [3.05, 3.63) is 26.7 Å². The van der Waals surface area contributed by atoms with Crippen molar-refractivity contribution in [2.75, 3.05) is 5.32 Å². The molecule has 0 aliphatic carbocycles. The fraction of sp³-hybridized carbons (Fsp3) is 0.533. The highest BCUT2D eigenvalue weighted by molar-refractivity contribution is 9.10. The third-order valence-corrected chi connectivity index (χ3v) is 5.37. The SMILES string of the molecule is O=C(CC1CC2CCC(C1)N2)Nc1c(Cl)cc(Br)cc1Cl. The van der Waals surface area contributed by atoms with Crippen molar-refractivity contribution in [3.63, 3.8) is 0 Å². The van der Waals surface area contributed by atoms with Crippen LogP contribution in [-0.2, 0) is 4.79 Å². The van der Waals surface area contributed by atoms with Gasteiger partial charge in [0.1, 0.15) is 0 Å². The maximum atomic E-state index is 12.2. The average molecular weight is 392 g/mol. The fourth-order valence-corrected chi connectivity index (χ4v) is 4.76. The number of anilines is 1. The fourth-order valence-electron chi connectivity index (χ4n) is 3.46. The van der Waals surface area contributed by atoms with Gasteiger partial charge in [-0.1, -0.05) is 39.1 Å². The van der Waals surface area contributed by atoms with Gasteiger partial charge in [0.2, 0.25) is 5.91 Å². The highest BCUT2D eigenvalue weighted by Crippen LogP contribution is 2.35. The van der Waals surface area contributed by atoms with E-state index in [-0.39, 0.29) is 5.91 Å². The maximum Gasteiger partial charge on any atom is 0.224 e. The number of hydrogen-bond acceptors (Lipinski definition) is 2. The van der Waals surface area contributed by atoms with Crippen LogP contribution in [0.5, 0.6) is 0 Å². The lowest BCUT2D eigenvalue weighted by atomic mass is 9.89. The van der Waals surface area contributed by atoms with E-state index in [0.29, 0.717) is 40.2 Å². The Morgan fingerprint density at radius 2 is 1.81 bits per heavy atom. The number of piperidine rings is 1. The first kappa shape index (κ1) is 15.6. The summed E-state index contributed by atoms with van der Waals surface area (Å²) in [5.41, 5.74) is 0.503. The van der Waals surface area contributed by atoms with Gasteiger partial charge in [0.25, 0.3) is 0 Å². The summed E-state index contributed by atoms with van der Waals surface area (Å²) in [6, 6.07) is 4.66. The molecular formula is C15H17BrCl2N2O. The van der Waals surface area contributed by atoms with Crippen LogP contribution in [0.1, 0.15) is 32.1 Å². The quantitative estimate of drug-likeness (QED) is 0.789. The molecule has 0 radical (unpaired) electrons. The summed E-state index contributed by atoms with van der Waals surface area (Å²) >= 11 is 15.6. The van der Waals surface area contributed by atoms with Gasteiger partial charge in [0, 0.05) is 23.0 Å². The summed E-state index contributed by atoms with van der Waals surface area (Å²) in [4.78, 5) is 12.2. The average Bonchev–Trinajstić information content (AvgIpc) is 2.73. The molecule has 0 spiro atoms. The zero-order chi connectivity index (χ0) is 15.0. The van der Waals surface area contributed by atoms with Gasteiger partial charge in [-0.2, -0.15) is 0 Å². The van der Waals surface area contributed by atoms with Crippen molar-refractivity contribution in [2.24, 2.45) is 5.92 Å². The molecule has 2 aliphatic rings. The number of nitrogens with one attached hydrogen (secondary N) is 2. The molecule has 1 aromatic rings. The standard InChI is InChI=1S/C15H17BrCl2N2O/c16-9-6-12(17)15(13(18)7-9)20-14(21)5-8-3-10-1-2-11(4-8)19-10/h6-8,10-11,19H,1-5H2,(H,20,21). The number of carbonyl (C=O) groups excluding carboxylic acids is 1. The summed E-state index contributed by atoms with van der Waals surface area (Å²) in [6.45, 7) is 0. The van der Waals surface area contributed by atoms with Gasteiger partial charge in [-0.15, -0.1) is 0 Å². The van der Waals surface area contributed by atoms with Crippen molar-refractivity contribution >= 4 is 50.7 Å². The minimum atomic E-state index is -0.00702. The minimum absolute atomic E-state index is 0.00702. The maximum absolute atomic E-state index is 12.2. The predicted molar refractivity (Wildman–Crippen MR) is 90.1 cm³/mol. The second kappa shape index (κ2) is 6.45. The Bertz CT molecular complexity index is 532. The monoisotopic (exact) mass is 390 g/mol. The number of benzene rings is 1. The van der Waals surface area contributed by atoms with E-state index < -0.39 is 0 Å². The van der Waals surface area contributed by atoms with Crippen LogP contribution in [0, 0.1) is 5.92 Å². The molecule has 2 bridgehead atoms.